The summed E-state index contributed by atoms with van der Waals surface area (Å²) in [7, 11) is 0. The molecule has 2 aromatic carbocycles. The molecule has 0 amide bonds. The van der Waals surface area contributed by atoms with Crippen molar-refractivity contribution >= 4 is 41.0 Å². The number of ether oxygens (including phenoxy) is 1. The second kappa shape index (κ2) is 10.5. The molecule has 0 heterocycles. The standard InChI is InChI=1S/C24H26N4O2/c1-17-6-5-9-20(14-17)27-15-22(30-16-18-10-11-18)24(29)23(26)21(12-13-25)28-19-7-3-2-4-8-19/h2-9,13-15,18,22,25-26H,10-12,16H2,1H3. The van der Waals surface area contributed by atoms with E-state index in [1.807, 2.05) is 49.4 Å². The summed E-state index contributed by atoms with van der Waals surface area (Å²) in [6.07, 6.45) is 3.96. The second-order valence-corrected chi connectivity index (χ2v) is 7.36. The number of para-hydroxylation sites is 1. The van der Waals surface area contributed by atoms with E-state index in [0.717, 1.165) is 30.3 Å². The van der Waals surface area contributed by atoms with Crippen molar-refractivity contribution in [3.63, 3.8) is 0 Å². The minimum absolute atomic E-state index is 0.101. The van der Waals surface area contributed by atoms with E-state index in [4.69, 9.17) is 15.6 Å². The SMILES string of the molecule is Cc1cccc(N=CC(OCC2CC2)C(=O)C(=N)C(CC=N)=Nc2ccccc2)c1. The van der Waals surface area contributed by atoms with Crippen molar-refractivity contribution in [1.29, 1.82) is 10.8 Å². The molecule has 1 aliphatic carbocycles. The van der Waals surface area contributed by atoms with Crippen LogP contribution in [-0.2, 0) is 9.53 Å². The van der Waals surface area contributed by atoms with E-state index in [-0.39, 0.29) is 17.8 Å². The first-order chi connectivity index (χ1) is 14.6. The van der Waals surface area contributed by atoms with Crippen LogP contribution in [0.5, 0.6) is 0 Å². The number of Topliss-reactive ketones (excluding diaryl/α,β-unsaturated/α-hetero) is 1. The van der Waals surface area contributed by atoms with Crippen LogP contribution in [0, 0.1) is 23.7 Å². The van der Waals surface area contributed by atoms with Crippen LogP contribution in [0.1, 0.15) is 24.8 Å². The third kappa shape index (κ3) is 6.39. The largest absolute Gasteiger partial charge is 0.364 e. The van der Waals surface area contributed by atoms with Crippen LogP contribution >= 0.6 is 0 Å². The Morgan fingerprint density at radius 3 is 2.57 bits per heavy atom. The molecule has 1 saturated carbocycles. The van der Waals surface area contributed by atoms with Gasteiger partial charge >= 0.3 is 0 Å². The van der Waals surface area contributed by atoms with Crippen molar-refractivity contribution in [1.82, 2.24) is 0 Å². The van der Waals surface area contributed by atoms with Crippen molar-refractivity contribution < 1.29 is 9.53 Å². The Labute approximate surface area is 176 Å². The molecule has 1 unspecified atom stereocenters. The summed E-state index contributed by atoms with van der Waals surface area (Å²) in [6, 6.07) is 16.8. The highest BCUT2D eigenvalue weighted by Crippen LogP contribution is 2.29. The molecule has 0 aromatic heterocycles. The van der Waals surface area contributed by atoms with Crippen LogP contribution < -0.4 is 0 Å². The van der Waals surface area contributed by atoms with E-state index >= 15 is 0 Å². The number of hydrogen-bond donors (Lipinski definition) is 2. The fraction of sp³-hybridized carbons (Fsp3) is 0.292. The van der Waals surface area contributed by atoms with E-state index in [0.29, 0.717) is 18.2 Å². The topological polar surface area (TPSA) is 98.7 Å². The van der Waals surface area contributed by atoms with Crippen molar-refractivity contribution in [2.75, 3.05) is 6.61 Å². The molecular formula is C24H26N4O2. The molecule has 2 aromatic rings. The number of aliphatic imine (C=N–C) groups is 2. The van der Waals surface area contributed by atoms with Crippen LogP contribution in [0.15, 0.2) is 64.6 Å². The van der Waals surface area contributed by atoms with Crippen LogP contribution in [0.3, 0.4) is 0 Å². The zero-order valence-corrected chi connectivity index (χ0v) is 17.0. The Hall–Kier alpha value is -3.25. The van der Waals surface area contributed by atoms with Gasteiger partial charge in [0, 0.05) is 18.9 Å². The fourth-order valence-electron chi connectivity index (χ4n) is 2.82. The summed E-state index contributed by atoms with van der Waals surface area (Å²) in [5.74, 6) is -0.0236. The molecule has 0 radical (unpaired) electrons. The van der Waals surface area contributed by atoms with Crippen molar-refractivity contribution in [2.45, 2.75) is 32.3 Å². The first-order valence-electron chi connectivity index (χ1n) is 10.0. The quantitative estimate of drug-likeness (QED) is 0.523. The number of hydrogen-bond acceptors (Lipinski definition) is 6. The Morgan fingerprint density at radius 2 is 1.90 bits per heavy atom. The highest BCUT2D eigenvalue weighted by molar-refractivity contribution is 6.69. The molecule has 2 N–H and O–H groups in total. The van der Waals surface area contributed by atoms with Crippen LogP contribution in [0.25, 0.3) is 0 Å². The highest BCUT2D eigenvalue weighted by atomic mass is 16.5. The zero-order chi connectivity index (χ0) is 21.3. The maximum absolute atomic E-state index is 13.1. The number of benzene rings is 2. The lowest BCUT2D eigenvalue weighted by atomic mass is 10.0. The van der Waals surface area contributed by atoms with Crippen molar-refractivity contribution in [2.24, 2.45) is 15.9 Å². The average Bonchev–Trinajstić information content (AvgIpc) is 3.58. The lowest BCUT2D eigenvalue weighted by molar-refractivity contribution is -0.119. The van der Waals surface area contributed by atoms with Gasteiger partial charge in [-0.05, 0) is 55.5 Å². The van der Waals surface area contributed by atoms with Crippen LogP contribution in [0.2, 0.25) is 0 Å². The Morgan fingerprint density at radius 1 is 1.17 bits per heavy atom. The Bertz CT molecular complexity index is 962. The van der Waals surface area contributed by atoms with Gasteiger partial charge in [0.25, 0.3) is 0 Å². The molecular weight excluding hydrogens is 376 g/mol. The van der Waals surface area contributed by atoms with Gasteiger partial charge in [0.1, 0.15) is 5.71 Å². The average molecular weight is 402 g/mol. The molecule has 1 fully saturated rings. The number of ketones is 1. The molecule has 0 aliphatic heterocycles. The van der Waals surface area contributed by atoms with Gasteiger partial charge < -0.3 is 10.1 Å². The minimum Gasteiger partial charge on any atom is -0.364 e. The van der Waals surface area contributed by atoms with Crippen molar-refractivity contribution in [3.8, 4) is 0 Å². The minimum atomic E-state index is -0.953. The lowest BCUT2D eigenvalue weighted by Crippen LogP contribution is -2.36. The number of nitrogens with zero attached hydrogens (tertiary/aromatic N) is 2. The van der Waals surface area contributed by atoms with E-state index < -0.39 is 11.9 Å². The van der Waals surface area contributed by atoms with Gasteiger partial charge in [-0.25, -0.2) is 0 Å². The summed E-state index contributed by atoms with van der Waals surface area (Å²) >= 11 is 0. The summed E-state index contributed by atoms with van der Waals surface area (Å²) in [5, 5.41) is 15.9. The van der Waals surface area contributed by atoms with Crippen LogP contribution in [-0.4, -0.2) is 42.3 Å². The molecule has 1 aliphatic rings. The van der Waals surface area contributed by atoms with E-state index in [1.54, 1.807) is 12.1 Å². The van der Waals surface area contributed by atoms with Gasteiger partial charge in [-0.3, -0.25) is 20.2 Å². The van der Waals surface area contributed by atoms with Gasteiger partial charge in [0.2, 0.25) is 5.78 Å². The van der Waals surface area contributed by atoms with Gasteiger partial charge in [-0.2, -0.15) is 0 Å². The summed E-state index contributed by atoms with van der Waals surface area (Å²) in [6.45, 7) is 2.45. The summed E-state index contributed by atoms with van der Waals surface area (Å²) in [4.78, 5) is 21.9. The monoisotopic (exact) mass is 402 g/mol. The number of carbonyl (C=O) groups is 1. The number of nitrogens with one attached hydrogen (secondary N) is 2. The first kappa shape index (κ1) is 21.5. The maximum atomic E-state index is 13.1. The van der Waals surface area contributed by atoms with Crippen molar-refractivity contribution in [3.05, 3.63) is 60.2 Å². The summed E-state index contributed by atoms with van der Waals surface area (Å²) in [5.41, 5.74) is 2.43. The van der Waals surface area contributed by atoms with Gasteiger partial charge in [0.05, 0.1) is 23.7 Å². The fourth-order valence-corrected chi connectivity index (χ4v) is 2.82. The Kier molecular flexibility index (Phi) is 7.51. The molecule has 6 nitrogen and oxygen atoms in total. The number of rotatable bonds is 11. The third-order valence-electron chi connectivity index (χ3n) is 4.68. The summed E-state index contributed by atoms with van der Waals surface area (Å²) < 4.78 is 5.83. The van der Waals surface area contributed by atoms with E-state index in [1.165, 1.54) is 6.21 Å². The first-order valence-corrected chi connectivity index (χ1v) is 10.0. The predicted octanol–water partition coefficient (Wildman–Crippen LogP) is 4.89. The second-order valence-electron chi connectivity index (χ2n) is 7.36. The molecule has 1 atom stereocenters. The zero-order valence-electron chi connectivity index (χ0n) is 17.0. The molecule has 3 rings (SSSR count). The van der Waals surface area contributed by atoms with Gasteiger partial charge in [0.15, 0.2) is 6.10 Å². The molecule has 0 saturated heterocycles. The molecule has 154 valence electrons. The highest BCUT2D eigenvalue weighted by Gasteiger charge is 2.28. The van der Waals surface area contributed by atoms with E-state index in [9.17, 15) is 4.79 Å². The maximum Gasteiger partial charge on any atom is 0.216 e. The smallest absolute Gasteiger partial charge is 0.216 e. The molecule has 6 heteroatoms. The third-order valence-corrected chi connectivity index (χ3v) is 4.68. The number of aryl methyl sites for hydroxylation is 1. The van der Waals surface area contributed by atoms with Gasteiger partial charge in [-0.1, -0.05) is 30.3 Å². The Balaban J connectivity index is 1.81. The van der Waals surface area contributed by atoms with E-state index in [2.05, 4.69) is 9.98 Å². The van der Waals surface area contributed by atoms with Crippen LogP contribution in [0.4, 0.5) is 11.4 Å². The van der Waals surface area contributed by atoms with Gasteiger partial charge in [-0.15, -0.1) is 0 Å². The predicted molar refractivity (Wildman–Crippen MR) is 121 cm³/mol. The molecule has 0 spiro atoms. The normalized spacial score (nSPS) is 15.2. The molecule has 30 heavy (non-hydrogen) atoms. The molecule has 0 bridgehead atoms. The number of carbonyl (C=O) groups excluding carboxylic acids is 1. The lowest BCUT2D eigenvalue weighted by Gasteiger charge is -2.14.